The van der Waals surface area contributed by atoms with Gasteiger partial charge in [0.2, 0.25) is 0 Å². The summed E-state index contributed by atoms with van der Waals surface area (Å²) < 4.78 is 38.5. The van der Waals surface area contributed by atoms with E-state index in [0.29, 0.717) is 0 Å². The standard InChI is InChI=1S/C24H52O6Si4/c1-21(22(31)13-7-10-16-28-22,24(33(5)6)15-9-12-18-30-24)23(14-8-11-17-29-23)32-19-20-34(25-2,26-3)27-4/h33H,7-20,32H2,1-6,31H3. The topological polar surface area (TPSA) is 55.4 Å². The number of hydrogen-bond acceptors (Lipinski definition) is 6. The summed E-state index contributed by atoms with van der Waals surface area (Å²) in [5.41, 5.74) is -0.107. The minimum absolute atomic E-state index is 0.0764. The van der Waals surface area contributed by atoms with Crippen LogP contribution in [0.4, 0.5) is 0 Å². The van der Waals surface area contributed by atoms with E-state index in [0.717, 1.165) is 55.0 Å². The fourth-order valence-corrected chi connectivity index (χ4v) is 19.1. The summed E-state index contributed by atoms with van der Waals surface area (Å²) in [4.78, 5) is 0. The van der Waals surface area contributed by atoms with Gasteiger partial charge in [0.05, 0.1) is 34.0 Å². The molecule has 0 amide bonds. The molecule has 0 aromatic heterocycles. The van der Waals surface area contributed by atoms with Crippen molar-refractivity contribution >= 4 is 37.4 Å². The van der Waals surface area contributed by atoms with E-state index in [1.54, 1.807) is 21.3 Å². The van der Waals surface area contributed by atoms with Crippen LogP contribution in [-0.2, 0) is 27.5 Å². The first-order valence-electron chi connectivity index (χ1n) is 13.8. The maximum Gasteiger partial charge on any atom is 0.499 e. The lowest BCUT2D eigenvalue weighted by Crippen LogP contribution is -2.79. The Morgan fingerprint density at radius 2 is 1.41 bits per heavy atom. The summed E-state index contributed by atoms with van der Waals surface area (Å²) in [6.07, 6.45) is 10.8. The zero-order valence-electron chi connectivity index (χ0n) is 23.1. The lowest BCUT2D eigenvalue weighted by atomic mass is 9.66. The van der Waals surface area contributed by atoms with Crippen LogP contribution in [-0.4, -0.2) is 94.2 Å². The summed E-state index contributed by atoms with van der Waals surface area (Å²) in [6, 6.07) is 1.97. The highest BCUT2D eigenvalue weighted by molar-refractivity contribution is 6.62. The number of ether oxygens (including phenoxy) is 3. The predicted octanol–water partition coefficient (Wildman–Crippen LogP) is 2.58. The molecule has 4 atom stereocenters. The average molecular weight is 549 g/mol. The van der Waals surface area contributed by atoms with Crippen LogP contribution in [0.1, 0.15) is 64.7 Å². The third kappa shape index (κ3) is 5.02. The van der Waals surface area contributed by atoms with Gasteiger partial charge in [0.25, 0.3) is 0 Å². The fourth-order valence-electron chi connectivity index (χ4n) is 7.73. The van der Waals surface area contributed by atoms with Gasteiger partial charge in [-0.1, -0.05) is 26.1 Å². The Morgan fingerprint density at radius 3 is 1.85 bits per heavy atom. The summed E-state index contributed by atoms with van der Waals surface area (Å²) in [7, 11) is 1.69. The zero-order valence-corrected chi connectivity index (χ0v) is 28.7. The summed E-state index contributed by atoms with van der Waals surface area (Å²) in [5, 5.41) is -0.288. The smallest absolute Gasteiger partial charge is 0.379 e. The molecule has 10 heteroatoms. The molecule has 0 radical (unpaired) electrons. The second-order valence-electron chi connectivity index (χ2n) is 11.5. The third-order valence-corrected chi connectivity index (χ3v) is 20.9. The first kappa shape index (κ1) is 29.2. The van der Waals surface area contributed by atoms with Crippen LogP contribution in [0, 0.1) is 5.41 Å². The van der Waals surface area contributed by atoms with Crippen molar-refractivity contribution in [3.8, 4) is 0 Å². The van der Waals surface area contributed by atoms with E-state index in [1.165, 1.54) is 44.9 Å². The van der Waals surface area contributed by atoms with Gasteiger partial charge in [-0.2, -0.15) is 0 Å². The Labute approximate surface area is 216 Å². The molecule has 0 spiro atoms. The molecule has 3 aliphatic heterocycles. The second-order valence-corrected chi connectivity index (χ2v) is 21.8. The quantitative estimate of drug-likeness (QED) is 0.370. The van der Waals surface area contributed by atoms with Crippen molar-refractivity contribution < 1.29 is 27.5 Å². The van der Waals surface area contributed by atoms with E-state index in [2.05, 4.69) is 20.0 Å². The highest BCUT2D eigenvalue weighted by Crippen LogP contribution is 2.61. The molecule has 3 heterocycles. The van der Waals surface area contributed by atoms with Crippen LogP contribution >= 0.6 is 0 Å². The molecule has 0 aliphatic carbocycles. The van der Waals surface area contributed by atoms with Crippen molar-refractivity contribution in [1.82, 2.24) is 0 Å². The normalized spacial score (nSPS) is 35.7. The van der Waals surface area contributed by atoms with Gasteiger partial charge in [0.15, 0.2) is 0 Å². The maximum atomic E-state index is 7.13. The van der Waals surface area contributed by atoms with E-state index in [1.807, 2.05) is 0 Å². The number of hydrogen-bond donors (Lipinski definition) is 0. The molecule has 3 saturated heterocycles. The zero-order chi connectivity index (χ0) is 24.9. The average Bonchev–Trinajstić information content (AvgIpc) is 2.87. The van der Waals surface area contributed by atoms with Gasteiger partial charge >= 0.3 is 8.80 Å². The Kier molecular flexibility index (Phi) is 10.3. The van der Waals surface area contributed by atoms with E-state index in [9.17, 15) is 0 Å². The van der Waals surface area contributed by atoms with E-state index in [4.69, 9.17) is 27.5 Å². The van der Waals surface area contributed by atoms with Crippen LogP contribution < -0.4 is 0 Å². The Morgan fingerprint density at radius 1 is 0.853 bits per heavy atom. The Hall–Kier alpha value is 0.628. The minimum Gasteiger partial charge on any atom is -0.379 e. The van der Waals surface area contributed by atoms with Crippen molar-refractivity contribution in [3.05, 3.63) is 0 Å². The molecule has 200 valence electrons. The van der Waals surface area contributed by atoms with Gasteiger partial charge in [-0.25, -0.2) is 0 Å². The van der Waals surface area contributed by atoms with E-state index < -0.39 is 27.1 Å². The maximum absolute atomic E-state index is 7.13. The van der Waals surface area contributed by atoms with Gasteiger partial charge in [0, 0.05) is 62.9 Å². The lowest BCUT2D eigenvalue weighted by Gasteiger charge is -2.68. The van der Waals surface area contributed by atoms with Crippen LogP contribution in [0.25, 0.3) is 0 Å². The molecule has 0 aromatic rings. The van der Waals surface area contributed by atoms with Crippen LogP contribution in [0.15, 0.2) is 0 Å². The van der Waals surface area contributed by atoms with Crippen molar-refractivity contribution in [1.29, 1.82) is 0 Å². The third-order valence-electron chi connectivity index (χ3n) is 9.87. The van der Waals surface area contributed by atoms with Crippen molar-refractivity contribution in [2.75, 3.05) is 41.2 Å². The highest BCUT2D eigenvalue weighted by atomic mass is 28.4. The fraction of sp³-hybridized carbons (Fsp3) is 1.00. The molecule has 3 rings (SSSR count). The molecule has 4 unspecified atom stereocenters. The second kappa shape index (κ2) is 12.0. The first-order chi connectivity index (χ1) is 16.2. The van der Waals surface area contributed by atoms with Gasteiger partial charge < -0.3 is 27.5 Å². The molecule has 0 saturated carbocycles. The summed E-state index contributed by atoms with van der Waals surface area (Å²) >= 11 is 0. The monoisotopic (exact) mass is 548 g/mol. The van der Waals surface area contributed by atoms with Gasteiger partial charge in [-0.05, 0) is 57.8 Å². The molecule has 3 aliphatic rings. The molecule has 0 aromatic carbocycles. The van der Waals surface area contributed by atoms with Crippen LogP contribution in [0.3, 0.4) is 0 Å². The van der Waals surface area contributed by atoms with Crippen LogP contribution in [0.2, 0.25) is 25.2 Å². The molecule has 3 fully saturated rings. The van der Waals surface area contributed by atoms with Crippen molar-refractivity contribution in [2.45, 2.75) is 106 Å². The largest absolute Gasteiger partial charge is 0.499 e. The van der Waals surface area contributed by atoms with E-state index >= 15 is 0 Å². The molecular formula is C24H52O6Si4. The molecule has 0 bridgehead atoms. The molecule has 34 heavy (non-hydrogen) atoms. The van der Waals surface area contributed by atoms with Crippen LogP contribution in [0.5, 0.6) is 0 Å². The predicted molar refractivity (Wildman–Crippen MR) is 149 cm³/mol. The molecule has 0 N–H and O–H groups in total. The Balaban J connectivity index is 2.08. The number of rotatable bonds is 11. The van der Waals surface area contributed by atoms with Gasteiger partial charge in [-0.15, -0.1) is 0 Å². The highest BCUT2D eigenvalue weighted by Gasteiger charge is 2.70. The first-order valence-corrected chi connectivity index (χ1v) is 21.3. The minimum atomic E-state index is -2.60. The Bertz CT molecular complexity index is 621. The molecular weight excluding hydrogens is 497 g/mol. The van der Waals surface area contributed by atoms with Crippen molar-refractivity contribution in [2.24, 2.45) is 5.41 Å². The van der Waals surface area contributed by atoms with Gasteiger partial charge in [0.1, 0.15) is 0 Å². The van der Waals surface area contributed by atoms with Gasteiger partial charge in [-0.3, -0.25) is 0 Å². The van der Waals surface area contributed by atoms with Crippen molar-refractivity contribution in [3.63, 3.8) is 0 Å². The van der Waals surface area contributed by atoms with E-state index in [-0.39, 0.29) is 21.1 Å². The SMILES string of the molecule is CO[Si](CC[SiH2]C1(C(C)(C2([SiH3])CCCCO2)C2([SiH](C)C)CCCCO2)CCCCO1)(OC)OC. The summed E-state index contributed by atoms with van der Waals surface area (Å²) in [6.45, 7) is 10.3. The summed E-state index contributed by atoms with van der Waals surface area (Å²) in [5.74, 6) is 0. The molecule has 6 nitrogen and oxygen atoms in total. The lowest BCUT2D eigenvalue weighted by molar-refractivity contribution is -0.257.